The topological polar surface area (TPSA) is 80.1 Å². The summed E-state index contributed by atoms with van der Waals surface area (Å²) in [5.41, 5.74) is 3.67. The molecule has 0 bridgehead atoms. The van der Waals surface area contributed by atoms with E-state index < -0.39 is 0 Å². The van der Waals surface area contributed by atoms with Crippen molar-refractivity contribution in [2.75, 3.05) is 26.4 Å². The van der Waals surface area contributed by atoms with Gasteiger partial charge in [-0.3, -0.25) is 10.1 Å². The van der Waals surface area contributed by atoms with E-state index in [1.165, 1.54) is 11.3 Å². The molecule has 0 unspecified atom stereocenters. The lowest BCUT2D eigenvalue weighted by atomic mass is 9.84. The van der Waals surface area contributed by atoms with Gasteiger partial charge >= 0.3 is 0 Å². The molecule has 0 amide bonds. The minimum Gasteiger partial charge on any atom is -0.485 e. The highest BCUT2D eigenvalue weighted by Gasteiger charge is 2.26. The van der Waals surface area contributed by atoms with Crippen LogP contribution in [0.15, 0.2) is 28.5 Å². The maximum Gasteiger partial charge on any atom is 0.286 e. The summed E-state index contributed by atoms with van der Waals surface area (Å²) in [6.45, 7) is 1.84. The Labute approximate surface area is 223 Å². The van der Waals surface area contributed by atoms with E-state index >= 15 is 0 Å². The Balaban J connectivity index is 1.45. The highest BCUT2D eigenvalue weighted by molar-refractivity contribution is 7.80. The minimum atomic E-state index is -0.373. The first-order chi connectivity index (χ1) is 18.1. The molecule has 6 rings (SSSR count). The molecule has 186 valence electrons. The standard InChI is InChI=1S/C28H21NO6S2/c30-29(31)22-15-18(6-5-17-7-9-24(36)28-26(17)33-13-14-35-28)19-3-1-2-4-20(19)21(22)8-10-25-27-23(16-37-25)32-11-12-34-27/h7,9,15-16,36H,1-4,11-14H2. The van der Waals surface area contributed by atoms with Crippen LogP contribution >= 0.6 is 24.0 Å². The quantitative estimate of drug-likeness (QED) is 0.202. The first-order valence-corrected chi connectivity index (χ1v) is 13.3. The number of thiol groups is 1. The van der Waals surface area contributed by atoms with Crippen molar-refractivity contribution in [2.24, 2.45) is 0 Å². The summed E-state index contributed by atoms with van der Waals surface area (Å²) in [6.07, 6.45) is 3.46. The van der Waals surface area contributed by atoms with Gasteiger partial charge in [0.1, 0.15) is 36.9 Å². The van der Waals surface area contributed by atoms with Crippen molar-refractivity contribution in [3.05, 3.63) is 66.4 Å². The molecule has 3 heterocycles. The Morgan fingerprint density at radius 3 is 2.35 bits per heavy atom. The van der Waals surface area contributed by atoms with Gasteiger partial charge in [-0.1, -0.05) is 17.8 Å². The second-order valence-corrected chi connectivity index (χ2v) is 10.0. The van der Waals surface area contributed by atoms with Crippen LogP contribution in [0.25, 0.3) is 0 Å². The van der Waals surface area contributed by atoms with Gasteiger partial charge in [0, 0.05) is 17.0 Å². The number of hydrogen-bond acceptors (Lipinski definition) is 8. The summed E-state index contributed by atoms with van der Waals surface area (Å²) in [5, 5.41) is 14.0. The van der Waals surface area contributed by atoms with Crippen LogP contribution in [0, 0.1) is 33.8 Å². The van der Waals surface area contributed by atoms with E-state index in [4.69, 9.17) is 18.9 Å². The van der Waals surface area contributed by atoms with Crippen LogP contribution in [0.3, 0.4) is 0 Å². The number of nitro groups is 1. The molecular formula is C28H21NO6S2. The van der Waals surface area contributed by atoms with Crippen LogP contribution in [0.5, 0.6) is 23.0 Å². The van der Waals surface area contributed by atoms with Crippen LogP contribution in [0.2, 0.25) is 0 Å². The molecule has 2 aliphatic heterocycles. The van der Waals surface area contributed by atoms with Crippen LogP contribution in [0.4, 0.5) is 5.69 Å². The molecule has 0 spiro atoms. The number of benzene rings is 2. The van der Waals surface area contributed by atoms with E-state index in [1.807, 2.05) is 17.5 Å². The van der Waals surface area contributed by atoms with Gasteiger partial charge in [-0.2, -0.15) is 0 Å². The fourth-order valence-electron chi connectivity index (χ4n) is 4.75. The normalized spacial score (nSPS) is 14.9. The van der Waals surface area contributed by atoms with Crippen molar-refractivity contribution in [2.45, 2.75) is 30.6 Å². The number of ether oxygens (including phenoxy) is 4. The summed E-state index contributed by atoms with van der Waals surface area (Å²) in [7, 11) is 0. The van der Waals surface area contributed by atoms with Gasteiger partial charge in [0.05, 0.1) is 15.4 Å². The van der Waals surface area contributed by atoms with E-state index in [2.05, 4.69) is 36.3 Å². The highest BCUT2D eigenvalue weighted by atomic mass is 32.1. The van der Waals surface area contributed by atoms with Crippen molar-refractivity contribution in [3.63, 3.8) is 0 Å². The Hall–Kier alpha value is -3.79. The smallest absolute Gasteiger partial charge is 0.286 e. The zero-order chi connectivity index (χ0) is 25.4. The van der Waals surface area contributed by atoms with E-state index in [0.717, 1.165) is 36.8 Å². The molecule has 3 aliphatic rings. The molecule has 7 nitrogen and oxygen atoms in total. The molecule has 1 aliphatic carbocycles. The van der Waals surface area contributed by atoms with Crippen LogP contribution in [-0.2, 0) is 12.8 Å². The first-order valence-electron chi connectivity index (χ1n) is 12.0. The number of thiophene rings is 1. The van der Waals surface area contributed by atoms with Crippen LogP contribution in [0.1, 0.15) is 45.5 Å². The number of rotatable bonds is 1. The lowest BCUT2D eigenvalue weighted by Crippen LogP contribution is -2.16. The summed E-state index contributed by atoms with van der Waals surface area (Å²) < 4.78 is 22.8. The first kappa shape index (κ1) is 23.6. The van der Waals surface area contributed by atoms with Gasteiger partial charge in [0.25, 0.3) is 5.69 Å². The Bertz CT molecular complexity index is 1550. The molecule has 0 saturated carbocycles. The highest BCUT2D eigenvalue weighted by Crippen LogP contribution is 2.40. The largest absolute Gasteiger partial charge is 0.485 e. The molecular weight excluding hydrogens is 510 g/mol. The second kappa shape index (κ2) is 9.93. The maximum absolute atomic E-state index is 12.2. The Kier molecular flexibility index (Phi) is 6.33. The molecule has 0 N–H and O–H groups in total. The third-order valence-electron chi connectivity index (χ3n) is 6.43. The second-order valence-electron chi connectivity index (χ2n) is 8.68. The lowest BCUT2D eigenvalue weighted by molar-refractivity contribution is -0.385. The monoisotopic (exact) mass is 531 g/mol. The molecule has 2 aromatic carbocycles. The summed E-state index contributed by atoms with van der Waals surface area (Å²) in [5.74, 6) is 15.0. The zero-order valence-electron chi connectivity index (χ0n) is 19.7. The van der Waals surface area contributed by atoms with Gasteiger partial charge in [-0.15, -0.1) is 24.0 Å². The van der Waals surface area contributed by atoms with Crippen molar-refractivity contribution in [1.82, 2.24) is 0 Å². The van der Waals surface area contributed by atoms with E-state index in [1.54, 1.807) is 6.07 Å². The third kappa shape index (κ3) is 4.46. The molecule has 3 aromatic rings. The number of nitrogens with zero attached hydrogens (tertiary/aromatic N) is 1. The minimum absolute atomic E-state index is 0.0349. The molecule has 0 fully saturated rings. The molecule has 0 radical (unpaired) electrons. The van der Waals surface area contributed by atoms with Crippen molar-refractivity contribution in [1.29, 1.82) is 0 Å². The van der Waals surface area contributed by atoms with E-state index in [0.29, 0.717) is 75.9 Å². The average Bonchev–Trinajstić information content (AvgIpc) is 3.34. The van der Waals surface area contributed by atoms with Gasteiger partial charge in [0.15, 0.2) is 23.0 Å². The molecule has 1 aromatic heterocycles. The van der Waals surface area contributed by atoms with Crippen molar-refractivity contribution >= 4 is 29.7 Å². The fraction of sp³-hybridized carbons (Fsp3) is 0.286. The summed E-state index contributed by atoms with van der Waals surface area (Å²) in [6, 6.07) is 5.20. The zero-order valence-corrected chi connectivity index (χ0v) is 21.4. The van der Waals surface area contributed by atoms with Gasteiger partial charge in [-0.05, 0) is 54.9 Å². The van der Waals surface area contributed by atoms with Crippen LogP contribution < -0.4 is 18.9 Å². The van der Waals surface area contributed by atoms with Crippen molar-refractivity contribution < 1.29 is 23.9 Å². The van der Waals surface area contributed by atoms with Crippen LogP contribution in [-0.4, -0.2) is 31.4 Å². The number of hydrogen-bond donors (Lipinski definition) is 1. The maximum atomic E-state index is 12.2. The lowest BCUT2D eigenvalue weighted by Gasteiger charge is -2.21. The molecule has 9 heteroatoms. The molecule has 0 saturated heterocycles. The van der Waals surface area contributed by atoms with Gasteiger partial charge < -0.3 is 18.9 Å². The third-order valence-corrected chi connectivity index (χ3v) is 7.64. The predicted octanol–water partition coefficient (Wildman–Crippen LogP) is 5.17. The average molecular weight is 532 g/mol. The fourth-order valence-corrected chi connectivity index (χ4v) is 5.77. The molecule has 37 heavy (non-hydrogen) atoms. The number of fused-ring (bicyclic) bond motifs is 3. The SMILES string of the molecule is O=[N+]([O-])c1cc(C#Cc2ccc(S)c3c2OCCO3)c2c(c1C#Cc1scc3c1OCCO3)CCCC2. The van der Waals surface area contributed by atoms with Gasteiger partial charge in [0.2, 0.25) is 0 Å². The Morgan fingerprint density at radius 1 is 0.838 bits per heavy atom. The predicted molar refractivity (Wildman–Crippen MR) is 142 cm³/mol. The number of nitro benzene ring substituents is 1. The Morgan fingerprint density at radius 2 is 1.54 bits per heavy atom. The summed E-state index contributed by atoms with van der Waals surface area (Å²) >= 11 is 5.86. The van der Waals surface area contributed by atoms with Gasteiger partial charge in [-0.25, -0.2) is 0 Å². The van der Waals surface area contributed by atoms with E-state index in [9.17, 15) is 10.1 Å². The van der Waals surface area contributed by atoms with E-state index in [-0.39, 0.29) is 10.6 Å². The summed E-state index contributed by atoms with van der Waals surface area (Å²) in [4.78, 5) is 13.2. The molecule has 0 atom stereocenters. The van der Waals surface area contributed by atoms with Crippen molar-refractivity contribution in [3.8, 4) is 46.7 Å².